The van der Waals surface area contributed by atoms with Crippen molar-refractivity contribution in [3.8, 4) is 0 Å². The van der Waals surface area contributed by atoms with Crippen molar-refractivity contribution in [3.05, 3.63) is 59.7 Å². The van der Waals surface area contributed by atoms with Crippen LogP contribution in [-0.2, 0) is 21.0 Å². The molecule has 0 aliphatic heterocycles. The number of nitrogens with zero attached hydrogens (tertiary/aromatic N) is 1. The van der Waals surface area contributed by atoms with Crippen LogP contribution in [0.2, 0.25) is 0 Å². The van der Waals surface area contributed by atoms with Crippen molar-refractivity contribution in [2.75, 3.05) is 10.8 Å². The summed E-state index contributed by atoms with van der Waals surface area (Å²) in [5.74, 6) is 0. The Morgan fingerprint density at radius 3 is 1.61 bits per heavy atom. The minimum atomic E-state index is -6.22. The minimum Gasteiger partial charge on any atom is -0.369 e. The molecule has 2 aromatic rings. The molecule has 0 heterocycles. The molecular weight excluding hydrogens is 561 g/mol. The Balaban J connectivity index is 2.60. The number of benzene rings is 2. The molecule has 4 nitrogen and oxygen atoms in total. The van der Waals surface area contributed by atoms with E-state index in [2.05, 4.69) is 15.9 Å². The molecule has 0 aromatic heterocycles. The number of aliphatic hydroxyl groups is 1. The summed E-state index contributed by atoms with van der Waals surface area (Å²) < 4.78 is 143. The summed E-state index contributed by atoms with van der Waals surface area (Å²) in [7, 11) is -4.93. The molecule has 0 radical (unpaired) electrons. The van der Waals surface area contributed by atoms with E-state index in [9.17, 15) is 53.0 Å². The molecule has 2 rings (SSSR count). The van der Waals surface area contributed by atoms with E-state index in [0.29, 0.717) is 23.0 Å². The molecule has 0 unspecified atom stereocenters. The van der Waals surface area contributed by atoms with Gasteiger partial charge in [0.2, 0.25) is 0 Å². The average molecular weight is 574 g/mol. The second kappa shape index (κ2) is 8.98. The van der Waals surface area contributed by atoms with Crippen molar-refractivity contribution in [2.45, 2.75) is 34.4 Å². The second-order valence-electron chi connectivity index (χ2n) is 6.66. The van der Waals surface area contributed by atoms with Crippen LogP contribution in [0.5, 0.6) is 0 Å². The Labute approximate surface area is 189 Å². The highest BCUT2D eigenvalue weighted by molar-refractivity contribution is 9.08. The van der Waals surface area contributed by atoms with Crippen LogP contribution in [0.1, 0.15) is 11.1 Å². The lowest BCUT2D eigenvalue weighted by atomic mass is 9.92. The highest BCUT2D eigenvalue weighted by atomic mass is 79.9. The summed E-state index contributed by atoms with van der Waals surface area (Å²) in [5, 5.41) is 9.70. The zero-order valence-electron chi connectivity index (χ0n) is 15.9. The smallest absolute Gasteiger partial charge is 0.369 e. The zero-order chi connectivity index (χ0) is 25.5. The van der Waals surface area contributed by atoms with Crippen LogP contribution in [0.4, 0.5) is 45.2 Å². The molecule has 0 saturated carbocycles. The van der Waals surface area contributed by atoms with Crippen LogP contribution in [-0.4, -0.2) is 38.6 Å². The Hall–Kier alpha value is -2.00. The van der Waals surface area contributed by atoms with Gasteiger partial charge in [-0.2, -0.15) is 39.5 Å². The molecule has 0 aliphatic carbocycles. The second-order valence-corrected chi connectivity index (χ2v) is 9.08. The normalized spacial score (nSPS) is 13.8. The summed E-state index contributed by atoms with van der Waals surface area (Å²) in [5.41, 5.74) is -7.36. The molecule has 0 atom stereocenters. The Morgan fingerprint density at radius 2 is 1.24 bits per heavy atom. The van der Waals surface area contributed by atoms with E-state index in [1.165, 1.54) is 12.1 Å². The van der Waals surface area contributed by atoms with Gasteiger partial charge in [-0.3, -0.25) is 4.31 Å². The number of alkyl halides is 10. The lowest BCUT2D eigenvalue weighted by molar-refractivity contribution is -0.376. The van der Waals surface area contributed by atoms with Crippen LogP contribution in [0.15, 0.2) is 53.4 Å². The molecule has 0 saturated heterocycles. The van der Waals surface area contributed by atoms with Crippen LogP contribution < -0.4 is 4.31 Å². The zero-order valence-corrected chi connectivity index (χ0v) is 18.3. The summed E-state index contributed by atoms with van der Waals surface area (Å²) in [4.78, 5) is -0.595. The Morgan fingerprint density at radius 1 is 0.788 bits per heavy atom. The van der Waals surface area contributed by atoms with Crippen molar-refractivity contribution >= 4 is 31.6 Å². The van der Waals surface area contributed by atoms with Gasteiger partial charge in [-0.1, -0.05) is 40.2 Å². The fourth-order valence-corrected chi connectivity index (χ4v) is 4.54. The maximum absolute atomic E-state index is 13.1. The standard InChI is InChI=1S/C18H13BrF9NO3S/c19-9-11-1-7-14(8-2-11)33(31,32)29(10-15(20,21)22)13-5-3-12(4-6-13)16(30,17(23,24)25)18(26,27)28/h1-8,30H,9-10H2. The number of sulfonamides is 1. The van der Waals surface area contributed by atoms with Gasteiger partial charge in [-0.15, -0.1) is 0 Å². The van der Waals surface area contributed by atoms with E-state index in [0.717, 1.165) is 12.1 Å². The molecule has 0 aliphatic rings. The molecule has 33 heavy (non-hydrogen) atoms. The molecule has 1 N–H and O–H groups in total. The van der Waals surface area contributed by atoms with Gasteiger partial charge in [0.05, 0.1) is 10.6 Å². The number of hydrogen-bond acceptors (Lipinski definition) is 3. The summed E-state index contributed by atoms with van der Waals surface area (Å²) >= 11 is 3.10. The van der Waals surface area contributed by atoms with Gasteiger partial charge in [0.25, 0.3) is 15.6 Å². The average Bonchev–Trinajstić information content (AvgIpc) is 2.69. The van der Waals surface area contributed by atoms with E-state index in [4.69, 9.17) is 0 Å². The van der Waals surface area contributed by atoms with Crippen molar-refractivity contribution in [2.24, 2.45) is 0 Å². The monoisotopic (exact) mass is 573 g/mol. The van der Waals surface area contributed by atoms with Gasteiger partial charge < -0.3 is 5.11 Å². The SMILES string of the molecule is O=S(=O)(c1ccc(CBr)cc1)N(CC(F)(F)F)c1ccc(C(O)(C(F)(F)F)C(F)(F)F)cc1. The van der Waals surface area contributed by atoms with Crippen molar-refractivity contribution in [3.63, 3.8) is 0 Å². The van der Waals surface area contributed by atoms with Gasteiger partial charge in [0.15, 0.2) is 0 Å². The molecule has 0 bridgehead atoms. The van der Waals surface area contributed by atoms with Crippen molar-refractivity contribution < 1.29 is 53.0 Å². The van der Waals surface area contributed by atoms with Crippen molar-refractivity contribution in [1.29, 1.82) is 0 Å². The van der Waals surface area contributed by atoms with E-state index in [1.807, 2.05) is 0 Å². The number of anilines is 1. The minimum absolute atomic E-state index is 0.0587. The van der Waals surface area contributed by atoms with Crippen LogP contribution in [0.3, 0.4) is 0 Å². The predicted molar refractivity (Wildman–Crippen MR) is 102 cm³/mol. The first-order chi connectivity index (χ1) is 14.8. The van der Waals surface area contributed by atoms with Gasteiger partial charge in [-0.05, 0) is 29.8 Å². The largest absolute Gasteiger partial charge is 0.430 e. The first kappa shape index (κ1) is 27.2. The van der Waals surface area contributed by atoms with Gasteiger partial charge in [-0.25, -0.2) is 8.42 Å². The van der Waals surface area contributed by atoms with Gasteiger partial charge in [0.1, 0.15) is 6.54 Å². The maximum Gasteiger partial charge on any atom is 0.430 e. The van der Waals surface area contributed by atoms with Gasteiger partial charge >= 0.3 is 18.5 Å². The van der Waals surface area contributed by atoms with E-state index < -0.39 is 56.8 Å². The number of hydrogen-bond donors (Lipinski definition) is 1. The lowest BCUT2D eigenvalue weighted by Gasteiger charge is -2.33. The van der Waals surface area contributed by atoms with Crippen LogP contribution in [0.25, 0.3) is 0 Å². The highest BCUT2D eigenvalue weighted by Gasteiger charge is 2.71. The fraction of sp³-hybridized carbons (Fsp3) is 0.333. The van der Waals surface area contributed by atoms with E-state index >= 15 is 0 Å². The van der Waals surface area contributed by atoms with Gasteiger partial charge in [0, 0.05) is 10.9 Å². The van der Waals surface area contributed by atoms with E-state index in [1.54, 1.807) is 0 Å². The van der Waals surface area contributed by atoms with Crippen LogP contribution in [0, 0.1) is 0 Å². The third-order valence-corrected chi connectivity index (χ3v) is 6.82. The molecule has 0 spiro atoms. The molecule has 0 amide bonds. The molecule has 2 aromatic carbocycles. The lowest BCUT2D eigenvalue weighted by Crippen LogP contribution is -2.53. The van der Waals surface area contributed by atoms with E-state index in [-0.39, 0.29) is 16.4 Å². The molecule has 15 heteroatoms. The fourth-order valence-electron chi connectivity index (χ4n) is 2.71. The topological polar surface area (TPSA) is 57.6 Å². The van der Waals surface area contributed by atoms with Crippen LogP contribution >= 0.6 is 15.9 Å². The highest BCUT2D eigenvalue weighted by Crippen LogP contribution is 2.50. The molecular formula is C18H13BrF9NO3S. The number of halogens is 10. The predicted octanol–water partition coefficient (Wildman–Crippen LogP) is 5.65. The first-order valence-corrected chi connectivity index (χ1v) is 11.1. The number of rotatable bonds is 6. The molecule has 184 valence electrons. The quantitative estimate of drug-likeness (QED) is 0.359. The Bertz CT molecular complexity index is 1050. The summed E-state index contributed by atoms with van der Waals surface area (Å²) in [6, 6.07) is 5.33. The molecule has 0 fully saturated rings. The first-order valence-electron chi connectivity index (χ1n) is 8.55. The Kier molecular flexibility index (Phi) is 7.42. The maximum atomic E-state index is 13.1. The third kappa shape index (κ3) is 5.57. The third-order valence-electron chi connectivity index (χ3n) is 4.38. The van der Waals surface area contributed by atoms with Crippen molar-refractivity contribution in [1.82, 2.24) is 0 Å². The summed E-state index contributed by atoms with van der Waals surface area (Å²) in [6.45, 7) is -2.11. The summed E-state index contributed by atoms with van der Waals surface area (Å²) in [6.07, 6.45) is -17.6.